The first-order chi connectivity index (χ1) is 11.8. The molecule has 0 spiro atoms. The molecule has 1 aromatic carbocycles. The van der Waals surface area contributed by atoms with Crippen LogP contribution in [0.2, 0.25) is 0 Å². The van der Waals surface area contributed by atoms with Crippen LogP contribution in [0.15, 0.2) is 18.2 Å². The maximum Gasteiger partial charge on any atom is 0.412 e. The molecule has 2 atom stereocenters. The largest absolute Gasteiger partial charge is 0.454 e. The summed E-state index contributed by atoms with van der Waals surface area (Å²) in [6.45, 7) is 7.10. The number of amides is 1. The van der Waals surface area contributed by atoms with E-state index in [2.05, 4.69) is 0 Å². The van der Waals surface area contributed by atoms with Crippen LogP contribution in [0.3, 0.4) is 0 Å². The van der Waals surface area contributed by atoms with Crippen molar-refractivity contribution in [1.82, 2.24) is 4.90 Å². The number of esters is 1. The van der Waals surface area contributed by atoms with Crippen molar-refractivity contribution in [1.29, 1.82) is 0 Å². The Labute approximate surface area is 147 Å². The lowest BCUT2D eigenvalue weighted by molar-refractivity contribution is -0.169. The summed E-state index contributed by atoms with van der Waals surface area (Å²) in [5.74, 6) is 0.759. The first-order valence-electron chi connectivity index (χ1n) is 8.30. The molecule has 1 amide bonds. The highest BCUT2D eigenvalue weighted by atomic mass is 16.7. The molecule has 1 heterocycles. The van der Waals surface area contributed by atoms with Gasteiger partial charge in [0.2, 0.25) is 13.1 Å². The molecule has 0 bridgehead atoms. The lowest BCUT2D eigenvalue weighted by Crippen LogP contribution is -2.39. The van der Waals surface area contributed by atoms with Crippen molar-refractivity contribution in [2.24, 2.45) is 5.92 Å². The molecule has 7 nitrogen and oxygen atoms in total. The normalized spacial score (nSPS) is 14.8. The van der Waals surface area contributed by atoms with E-state index in [4.69, 9.17) is 18.9 Å². The molecule has 1 aliphatic rings. The summed E-state index contributed by atoms with van der Waals surface area (Å²) in [7, 11) is 1.65. The van der Waals surface area contributed by atoms with Gasteiger partial charge >= 0.3 is 12.1 Å². The van der Waals surface area contributed by atoms with Gasteiger partial charge in [0, 0.05) is 20.0 Å². The van der Waals surface area contributed by atoms with E-state index >= 15 is 0 Å². The van der Waals surface area contributed by atoms with Crippen LogP contribution >= 0.6 is 0 Å². The van der Waals surface area contributed by atoms with Crippen molar-refractivity contribution < 1.29 is 28.5 Å². The summed E-state index contributed by atoms with van der Waals surface area (Å²) >= 11 is 0. The molecular formula is C18H25NO6. The number of nitrogens with zero attached hydrogens (tertiary/aromatic N) is 1. The van der Waals surface area contributed by atoms with Gasteiger partial charge in [0.05, 0.1) is 5.92 Å². The monoisotopic (exact) mass is 351 g/mol. The fourth-order valence-electron chi connectivity index (χ4n) is 2.27. The molecule has 0 radical (unpaired) electrons. The van der Waals surface area contributed by atoms with E-state index in [0.717, 1.165) is 11.3 Å². The van der Waals surface area contributed by atoms with E-state index < -0.39 is 18.4 Å². The van der Waals surface area contributed by atoms with E-state index in [1.165, 1.54) is 11.8 Å². The summed E-state index contributed by atoms with van der Waals surface area (Å²) in [5.41, 5.74) is 1.02. The number of hydrogen-bond acceptors (Lipinski definition) is 6. The Morgan fingerprint density at radius 2 is 1.80 bits per heavy atom. The van der Waals surface area contributed by atoms with Crippen molar-refractivity contribution in [2.75, 3.05) is 13.8 Å². The Kier molecular flexibility index (Phi) is 6.12. The minimum absolute atomic E-state index is 0.110. The van der Waals surface area contributed by atoms with Gasteiger partial charge in [0.25, 0.3) is 0 Å². The van der Waals surface area contributed by atoms with E-state index in [1.807, 2.05) is 25.1 Å². The molecule has 1 aromatic rings. The first-order valence-corrected chi connectivity index (χ1v) is 8.30. The highest BCUT2D eigenvalue weighted by molar-refractivity contribution is 5.72. The topological polar surface area (TPSA) is 74.3 Å². The number of carbonyl (C=O) groups excluding carboxylic acids is 2. The van der Waals surface area contributed by atoms with E-state index in [0.29, 0.717) is 12.2 Å². The average Bonchev–Trinajstić information content (AvgIpc) is 3.01. The van der Waals surface area contributed by atoms with E-state index in [1.54, 1.807) is 20.9 Å². The van der Waals surface area contributed by atoms with Gasteiger partial charge in [0.1, 0.15) is 0 Å². The first kappa shape index (κ1) is 18.9. The SMILES string of the molecule is CC(OC(=O)C(C)C)OC(=O)N(C)[C@@H](C)Cc1ccc2c(c1)OCO2. The number of ether oxygens (including phenoxy) is 4. The number of carbonyl (C=O) groups is 2. The summed E-state index contributed by atoms with van der Waals surface area (Å²) in [6, 6.07) is 5.60. The number of rotatable bonds is 6. The van der Waals surface area contributed by atoms with Gasteiger partial charge in [-0.05, 0) is 31.0 Å². The second kappa shape index (κ2) is 8.09. The molecule has 25 heavy (non-hydrogen) atoms. The minimum Gasteiger partial charge on any atom is -0.454 e. The second-order valence-corrected chi connectivity index (χ2v) is 6.39. The summed E-state index contributed by atoms with van der Waals surface area (Å²) in [4.78, 5) is 25.2. The summed E-state index contributed by atoms with van der Waals surface area (Å²) in [5, 5.41) is 0. The smallest absolute Gasteiger partial charge is 0.412 e. The molecule has 138 valence electrons. The van der Waals surface area contributed by atoms with Crippen molar-refractivity contribution >= 4 is 12.1 Å². The highest BCUT2D eigenvalue weighted by Gasteiger charge is 2.23. The molecule has 1 unspecified atom stereocenters. The van der Waals surface area contributed by atoms with Crippen molar-refractivity contribution in [3.05, 3.63) is 23.8 Å². The zero-order valence-corrected chi connectivity index (χ0v) is 15.3. The number of hydrogen-bond donors (Lipinski definition) is 0. The van der Waals surface area contributed by atoms with Gasteiger partial charge in [-0.2, -0.15) is 0 Å². The molecule has 0 N–H and O–H groups in total. The van der Waals surface area contributed by atoms with Gasteiger partial charge in [-0.3, -0.25) is 4.79 Å². The van der Waals surface area contributed by atoms with E-state index in [-0.39, 0.29) is 18.8 Å². The highest BCUT2D eigenvalue weighted by Crippen LogP contribution is 2.32. The van der Waals surface area contributed by atoms with Crippen molar-refractivity contribution in [3.63, 3.8) is 0 Å². The van der Waals surface area contributed by atoms with Crippen LogP contribution in [0.1, 0.15) is 33.3 Å². The van der Waals surface area contributed by atoms with Crippen LogP contribution in [0, 0.1) is 5.92 Å². The van der Waals surface area contributed by atoms with Gasteiger partial charge in [-0.15, -0.1) is 0 Å². The minimum atomic E-state index is -0.928. The van der Waals surface area contributed by atoms with Crippen molar-refractivity contribution in [3.8, 4) is 11.5 Å². The summed E-state index contributed by atoms with van der Waals surface area (Å²) in [6.07, 6.45) is -0.845. The quantitative estimate of drug-likeness (QED) is 0.579. The van der Waals surface area contributed by atoms with Gasteiger partial charge < -0.3 is 23.8 Å². The second-order valence-electron chi connectivity index (χ2n) is 6.39. The standard InChI is InChI=1S/C18H25NO6/c1-11(2)17(20)24-13(4)25-18(21)19(5)12(3)8-14-6-7-15-16(9-14)23-10-22-15/h6-7,9,11-13H,8,10H2,1-5H3/t12-,13?/m0/s1. The Morgan fingerprint density at radius 3 is 2.48 bits per heavy atom. The zero-order chi connectivity index (χ0) is 18.6. The number of benzene rings is 1. The molecule has 2 rings (SSSR count). The molecule has 0 aromatic heterocycles. The van der Waals surface area contributed by atoms with Crippen LogP contribution in [0.25, 0.3) is 0 Å². The fourth-order valence-corrected chi connectivity index (χ4v) is 2.27. The third kappa shape index (κ3) is 5.01. The van der Waals surface area contributed by atoms with Gasteiger partial charge in [0.15, 0.2) is 11.5 Å². The molecule has 0 fully saturated rings. The molecule has 0 aliphatic carbocycles. The Bertz CT molecular complexity index is 630. The van der Waals surface area contributed by atoms with Crippen LogP contribution in [0.4, 0.5) is 4.79 Å². The fraction of sp³-hybridized carbons (Fsp3) is 0.556. The predicted octanol–water partition coefficient (Wildman–Crippen LogP) is 2.96. The molecule has 0 saturated heterocycles. The van der Waals surface area contributed by atoms with Crippen LogP contribution in [0.5, 0.6) is 11.5 Å². The lowest BCUT2D eigenvalue weighted by Gasteiger charge is -2.26. The summed E-state index contributed by atoms with van der Waals surface area (Å²) < 4.78 is 20.9. The zero-order valence-electron chi connectivity index (χ0n) is 15.3. The van der Waals surface area contributed by atoms with Crippen LogP contribution < -0.4 is 9.47 Å². The molecule has 1 aliphatic heterocycles. The van der Waals surface area contributed by atoms with Gasteiger partial charge in [-0.25, -0.2) is 4.79 Å². The third-order valence-corrected chi connectivity index (χ3v) is 3.94. The molecular weight excluding hydrogens is 326 g/mol. The van der Waals surface area contributed by atoms with Crippen molar-refractivity contribution in [2.45, 2.75) is 46.4 Å². The maximum atomic E-state index is 12.2. The Balaban J connectivity index is 1.87. The molecule has 0 saturated carbocycles. The maximum absolute atomic E-state index is 12.2. The van der Waals surface area contributed by atoms with Gasteiger partial charge in [-0.1, -0.05) is 19.9 Å². The Hall–Kier alpha value is -2.44. The number of fused-ring (bicyclic) bond motifs is 1. The van der Waals surface area contributed by atoms with Crippen LogP contribution in [-0.4, -0.2) is 43.1 Å². The van der Waals surface area contributed by atoms with Crippen LogP contribution in [-0.2, 0) is 20.7 Å². The third-order valence-electron chi connectivity index (χ3n) is 3.94. The lowest BCUT2D eigenvalue weighted by atomic mass is 10.1. The molecule has 7 heteroatoms. The predicted molar refractivity (Wildman–Crippen MR) is 90.4 cm³/mol. The van der Waals surface area contributed by atoms with E-state index in [9.17, 15) is 9.59 Å². The Morgan fingerprint density at radius 1 is 1.12 bits per heavy atom. The average molecular weight is 351 g/mol. The number of likely N-dealkylation sites (N-methyl/N-ethyl adjacent to an activating group) is 1.